The van der Waals surface area contributed by atoms with Crippen LogP contribution in [0.4, 0.5) is 0 Å². The van der Waals surface area contributed by atoms with Crippen LogP contribution in [0, 0.1) is 0 Å². The molecule has 0 fully saturated rings. The Morgan fingerprint density at radius 3 is 3.00 bits per heavy atom. The molecule has 1 aromatic carbocycles. The molecule has 2 aromatic rings. The van der Waals surface area contributed by atoms with Gasteiger partial charge in [-0.3, -0.25) is 9.48 Å². The summed E-state index contributed by atoms with van der Waals surface area (Å²) in [6.45, 7) is 0. The zero-order valence-corrected chi connectivity index (χ0v) is 7.75. The lowest BCUT2D eigenvalue weighted by molar-refractivity contribution is 0.108. The second kappa shape index (κ2) is 2.85. The molecule has 0 aliphatic rings. The molecular formula is C9H7ClN2O. The third kappa shape index (κ3) is 1.42. The Morgan fingerprint density at radius 1 is 1.54 bits per heavy atom. The van der Waals surface area contributed by atoms with E-state index in [1.54, 1.807) is 16.8 Å². The first kappa shape index (κ1) is 8.26. The van der Waals surface area contributed by atoms with Crippen molar-refractivity contribution in [2.75, 3.05) is 0 Å². The van der Waals surface area contributed by atoms with Crippen LogP contribution in [0.25, 0.3) is 10.9 Å². The van der Waals surface area contributed by atoms with Crippen LogP contribution >= 0.6 is 11.6 Å². The van der Waals surface area contributed by atoms with Crippen molar-refractivity contribution in [2.45, 2.75) is 0 Å². The standard InChI is InChI=1S/C9H7ClN2O/c1-12-5-7-3-2-6(9(10)13)4-8(7)11-12/h2-5H,1H3. The normalized spacial score (nSPS) is 10.6. The van der Waals surface area contributed by atoms with Gasteiger partial charge in [-0.15, -0.1) is 0 Å². The predicted molar refractivity (Wildman–Crippen MR) is 50.9 cm³/mol. The summed E-state index contributed by atoms with van der Waals surface area (Å²) in [6, 6.07) is 5.21. The van der Waals surface area contributed by atoms with Crippen molar-refractivity contribution in [3.05, 3.63) is 30.0 Å². The van der Waals surface area contributed by atoms with E-state index in [2.05, 4.69) is 5.10 Å². The van der Waals surface area contributed by atoms with Crippen molar-refractivity contribution in [1.29, 1.82) is 0 Å². The summed E-state index contributed by atoms with van der Waals surface area (Å²) in [7, 11) is 1.84. The minimum atomic E-state index is -0.451. The zero-order chi connectivity index (χ0) is 9.42. The lowest BCUT2D eigenvalue weighted by atomic mass is 10.2. The van der Waals surface area contributed by atoms with Gasteiger partial charge in [0, 0.05) is 24.2 Å². The van der Waals surface area contributed by atoms with Gasteiger partial charge in [-0.1, -0.05) is 6.07 Å². The van der Waals surface area contributed by atoms with Crippen molar-refractivity contribution in [3.8, 4) is 0 Å². The van der Waals surface area contributed by atoms with Crippen LogP contribution in [0.5, 0.6) is 0 Å². The van der Waals surface area contributed by atoms with Gasteiger partial charge in [-0.05, 0) is 23.7 Å². The van der Waals surface area contributed by atoms with Crippen molar-refractivity contribution in [3.63, 3.8) is 0 Å². The Bertz CT molecular complexity index is 475. The highest BCUT2D eigenvalue weighted by atomic mass is 35.5. The van der Waals surface area contributed by atoms with Gasteiger partial charge in [0.25, 0.3) is 5.24 Å². The van der Waals surface area contributed by atoms with E-state index >= 15 is 0 Å². The first-order valence-corrected chi connectivity index (χ1v) is 4.18. The fourth-order valence-corrected chi connectivity index (χ4v) is 1.38. The maximum absolute atomic E-state index is 10.8. The molecule has 0 amide bonds. The van der Waals surface area contributed by atoms with Gasteiger partial charge in [0.1, 0.15) is 0 Å². The number of hydrogen-bond donors (Lipinski definition) is 0. The van der Waals surface area contributed by atoms with Crippen LogP contribution in [0.2, 0.25) is 0 Å². The molecule has 2 rings (SSSR count). The summed E-state index contributed by atoms with van der Waals surface area (Å²) in [5, 5.41) is 4.71. The number of aromatic nitrogens is 2. The molecule has 0 bridgehead atoms. The largest absolute Gasteiger partial charge is 0.276 e. The monoisotopic (exact) mass is 194 g/mol. The number of rotatable bonds is 1. The van der Waals surface area contributed by atoms with Crippen molar-refractivity contribution >= 4 is 27.7 Å². The summed E-state index contributed by atoms with van der Waals surface area (Å²) >= 11 is 5.34. The topological polar surface area (TPSA) is 34.9 Å². The van der Waals surface area contributed by atoms with Gasteiger partial charge >= 0.3 is 0 Å². The van der Waals surface area contributed by atoms with Crippen LogP contribution in [-0.4, -0.2) is 15.0 Å². The Morgan fingerprint density at radius 2 is 2.31 bits per heavy atom. The van der Waals surface area contributed by atoms with Crippen molar-refractivity contribution in [1.82, 2.24) is 9.78 Å². The van der Waals surface area contributed by atoms with Gasteiger partial charge in [-0.25, -0.2) is 0 Å². The fourth-order valence-electron chi connectivity index (χ4n) is 1.26. The molecule has 4 heteroatoms. The molecule has 0 N–H and O–H groups in total. The van der Waals surface area contributed by atoms with E-state index < -0.39 is 5.24 Å². The number of nitrogens with zero attached hydrogens (tertiary/aromatic N) is 2. The zero-order valence-electron chi connectivity index (χ0n) is 6.99. The summed E-state index contributed by atoms with van der Waals surface area (Å²) < 4.78 is 1.70. The van der Waals surface area contributed by atoms with Crippen molar-refractivity contribution < 1.29 is 4.79 Å². The Kier molecular flexibility index (Phi) is 1.81. The lowest BCUT2D eigenvalue weighted by Gasteiger charge is -1.91. The number of fused-ring (bicyclic) bond motifs is 1. The smallest absolute Gasteiger partial charge is 0.252 e. The van der Waals surface area contributed by atoms with E-state index in [-0.39, 0.29) is 0 Å². The number of benzene rings is 1. The van der Waals surface area contributed by atoms with Gasteiger partial charge in [0.2, 0.25) is 0 Å². The highest BCUT2D eigenvalue weighted by Crippen LogP contribution is 2.14. The molecule has 0 unspecified atom stereocenters. The van der Waals surface area contributed by atoms with Crippen LogP contribution < -0.4 is 0 Å². The lowest BCUT2D eigenvalue weighted by Crippen LogP contribution is -1.88. The van der Waals surface area contributed by atoms with Crippen LogP contribution in [0.3, 0.4) is 0 Å². The highest BCUT2D eigenvalue weighted by Gasteiger charge is 2.04. The number of halogens is 1. The first-order chi connectivity index (χ1) is 6.16. The molecule has 66 valence electrons. The molecule has 0 atom stereocenters. The third-order valence-corrected chi connectivity index (χ3v) is 2.07. The second-order valence-electron chi connectivity index (χ2n) is 2.85. The van der Waals surface area contributed by atoms with Crippen molar-refractivity contribution in [2.24, 2.45) is 7.05 Å². The number of hydrogen-bond acceptors (Lipinski definition) is 2. The number of carbonyl (C=O) groups is 1. The SMILES string of the molecule is Cn1cc2ccc(C(=O)Cl)cc2n1. The van der Waals surface area contributed by atoms with Gasteiger partial charge in [-0.2, -0.15) is 5.10 Å². The molecule has 3 nitrogen and oxygen atoms in total. The van der Waals surface area contributed by atoms with Crippen LogP contribution in [0.1, 0.15) is 10.4 Å². The maximum Gasteiger partial charge on any atom is 0.252 e. The Labute approximate surface area is 79.9 Å². The fraction of sp³-hybridized carbons (Fsp3) is 0.111. The maximum atomic E-state index is 10.8. The third-order valence-electron chi connectivity index (χ3n) is 1.85. The molecule has 0 saturated heterocycles. The van der Waals surface area contributed by atoms with E-state index in [1.807, 2.05) is 19.3 Å². The Balaban J connectivity index is 2.67. The summed E-state index contributed by atoms with van der Waals surface area (Å²) in [5.41, 5.74) is 1.27. The van der Waals surface area contributed by atoms with Crippen LogP contribution in [-0.2, 0) is 7.05 Å². The quantitative estimate of drug-likeness (QED) is 0.651. The molecule has 1 aromatic heterocycles. The number of aryl methyl sites for hydroxylation is 1. The molecule has 1 heterocycles. The molecule has 0 aliphatic heterocycles. The van der Waals surface area contributed by atoms with E-state index in [9.17, 15) is 4.79 Å². The molecule has 13 heavy (non-hydrogen) atoms. The molecule has 0 spiro atoms. The Hall–Kier alpha value is -1.35. The molecule has 0 radical (unpaired) electrons. The summed E-state index contributed by atoms with van der Waals surface area (Å²) in [6.07, 6.45) is 1.89. The minimum absolute atomic E-state index is 0.451. The van der Waals surface area contributed by atoms with E-state index in [4.69, 9.17) is 11.6 Å². The average molecular weight is 195 g/mol. The van der Waals surface area contributed by atoms with Gasteiger partial charge in [0.05, 0.1) is 5.52 Å². The van der Waals surface area contributed by atoms with E-state index in [1.165, 1.54) is 0 Å². The second-order valence-corrected chi connectivity index (χ2v) is 3.19. The van der Waals surface area contributed by atoms with E-state index in [0.717, 1.165) is 10.9 Å². The average Bonchev–Trinajstić information content (AvgIpc) is 2.42. The number of carbonyl (C=O) groups excluding carboxylic acids is 1. The van der Waals surface area contributed by atoms with E-state index in [0.29, 0.717) is 5.56 Å². The van der Waals surface area contributed by atoms with Gasteiger partial charge in [0.15, 0.2) is 0 Å². The molecule has 0 aliphatic carbocycles. The summed E-state index contributed by atoms with van der Waals surface area (Å²) in [5.74, 6) is 0. The first-order valence-electron chi connectivity index (χ1n) is 3.80. The molecule has 0 saturated carbocycles. The molecular weight excluding hydrogens is 188 g/mol. The predicted octanol–water partition coefficient (Wildman–Crippen LogP) is 1.95. The van der Waals surface area contributed by atoms with Crippen LogP contribution in [0.15, 0.2) is 24.4 Å². The minimum Gasteiger partial charge on any atom is -0.276 e. The highest BCUT2D eigenvalue weighted by molar-refractivity contribution is 6.67. The summed E-state index contributed by atoms with van der Waals surface area (Å²) in [4.78, 5) is 10.8. The van der Waals surface area contributed by atoms with Gasteiger partial charge < -0.3 is 0 Å².